The number of aromatic amines is 1. The second-order valence-corrected chi connectivity index (χ2v) is 9.09. The predicted octanol–water partition coefficient (Wildman–Crippen LogP) is 4.88. The molecule has 0 radical (unpaired) electrons. The van der Waals surface area contributed by atoms with E-state index >= 15 is 0 Å². The second kappa shape index (κ2) is 10.8. The molecule has 1 amide bonds. The van der Waals surface area contributed by atoms with Gasteiger partial charge in [0.2, 0.25) is 5.91 Å². The molecular formula is C27H27BrN4O2. The smallest absolute Gasteiger partial charge is 0.240 e. The quantitative estimate of drug-likeness (QED) is 0.328. The Balaban J connectivity index is 1.60. The molecule has 2 atom stereocenters. The number of benzene rings is 2. The molecule has 3 N–H and O–H groups in total. The fraction of sp³-hybridized carbons (Fsp3) is 0.222. The van der Waals surface area contributed by atoms with Crippen molar-refractivity contribution >= 4 is 27.6 Å². The van der Waals surface area contributed by atoms with Crippen LogP contribution in [-0.4, -0.2) is 32.6 Å². The van der Waals surface area contributed by atoms with Gasteiger partial charge in [0.05, 0.1) is 12.1 Å². The summed E-state index contributed by atoms with van der Waals surface area (Å²) in [5.41, 5.74) is 10.4. The van der Waals surface area contributed by atoms with E-state index in [4.69, 9.17) is 10.7 Å². The monoisotopic (exact) mass is 518 g/mol. The van der Waals surface area contributed by atoms with Gasteiger partial charge >= 0.3 is 0 Å². The lowest BCUT2D eigenvalue weighted by molar-refractivity contribution is -0.136. The summed E-state index contributed by atoms with van der Waals surface area (Å²) in [6.45, 7) is 3.93. The van der Waals surface area contributed by atoms with Gasteiger partial charge in [-0.25, -0.2) is 4.98 Å². The molecule has 0 saturated heterocycles. The highest BCUT2D eigenvalue weighted by Crippen LogP contribution is 2.35. The number of carbonyl (C=O) groups excluding carboxylic acids is 2. The molecule has 0 spiro atoms. The number of nitrogens with zero attached hydrogens (tertiary/aromatic N) is 2. The number of hydrogen-bond donors (Lipinski definition) is 2. The maximum Gasteiger partial charge on any atom is 0.240 e. The maximum absolute atomic E-state index is 13.5. The maximum atomic E-state index is 13.5. The van der Waals surface area contributed by atoms with Crippen LogP contribution in [0, 0.1) is 0 Å². The first kappa shape index (κ1) is 23.9. The van der Waals surface area contributed by atoms with E-state index in [-0.39, 0.29) is 24.2 Å². The number of rotatable bonds is 8. The molecule has 7 heteroatoms. The Hall–Kier alpha value is -3.29. The molecule has 34 heavy (non-hydrogen) atoms. The lowest BCUT2D eigenvalue weighted by Gasteiger charge is -2.37. The average Bonchev–Trinajstić information content (AvgIpc) is 3.26. The Labute approximate surface area is 207 Å². The summed E-state index contributed by atoms with van der Waals surface area (Å²) >= 11 is 3.61. The van der Waals surface area contributed by atoms with Gasteiger partial charge in [-0.05, 0) is 39.6 Å². The van der Waals surface area contributed by atoms with Crippen molar-refractivity contribution in [3.8, 4) is 11.3 Å². The van der Waals surface area contributed by atoms with Crippen LogP contribution in [0.2, 0.25) is 0 Å². The van der Waals surface area contributed by atoms with Gasteiger partial charge in [-0.3, -0.25) is 9.59 Å². The van der Waals surface area contributed by atoms with Gasteiger partial charge in [0.15, 0.2) is 5.78 Å². The third-order valence-corrected chi connectivity index (χ3v) is 6.57. The summed E-state index contributed by atoms with van der Waals surface area (Å²) in [4.78, 5) is 34.9. The van der Waals surface area contributed by atoms with Crippen molar-refractivity contribution < 1.29 is 9.59 Å². The number of H-pyrrole nitrogens is 1. The van der Waals surface area contributed by atoms with Crippen LogP contribution >= 0.6 is 15.9 Å². The SMILES string of the molecule is C=CC(=O)CC=CC[C@H](N)C(=O)N1Cc2ccccc2C[C@H]1c1nc(-c2ccccc2)c(Br)[nH]1. The first-order chi connectivity index (χ1) is 16.5. The molecule has 1 aliphatic rings. The van der Waals surface area contributed by atoms with E-state index in [1.165, 1.54) is 11.6 Å². The van der Waals surface area contributed by atoms with Crippen molar-refractivity contribution in [3.05, 3.63) is 101 Å². The van der Waals surface area contributed by atoms with Crippen LogP contribution in [0.5, 0.6) is 0 Å². The van der Waals surface area contributed by atoms with Crippen molar-refractivity contribution in [2.75, 3.05) is 0 Å². The summed E-state index contributed by atoms with van der Waals surface area (Å²) in [6.07, 6.45) is 6.06. The predicted molar refractivity (Wildman–Crippen MR) is 137 cm³/mol. The fourth-order valence-electron chi connectivity index (χ4n) is 4.15. The Morgan fingerprint density at radius 2 is 1.85 bits per heavy atom. The first-order valence-electron chi connectivity index (χ1n) is 11.2. The lowest BCUT2D eigenvalue weighted by atomic mass is 9.92. The van der Waals surface area contributed by atoms with Gasteiger partial charge in [0.1, 0.15) is 16.1 Å². The van der Waals surface area contributed by atoms with Crippen LogP contribution in [0.4, 0.5) is 0 Å². The number of allylic oxidation sites excluding steroid dienone is 2. The highest BCUT2D eigenvalue weighted by Gasteiger charge is 2.35. The van der Waals surface area contributed by atoms with Gasteiger partial charge < -0.3 is 15.6 Å². The van der Waals surface area contributed by atoms with Crippen molar-refractivity contribution in [1.82, 2.24) is 14.9 Å². The van der Waals surface area contributed by atoms with Gasteiger partial charge in [0.25, 0.3) is 0 Å². The van der Waals surface area contributed by atoms with Crippen LogP contribution in [0.15, 0.2) is 84.0 Å². The average molecular weight is 519 g/mol. The summed E-state index contributed by atoms with van der Waals surface area (Å²) in [7, 11) is 0. The minimum atomic E-state index is -0.713. The van der Waals surface area contributed by atoms with Crippen LogP contribution in [-0.2, 0) is 22.6 Å². The van der Waals surface area contributed by atoms with Crippen LogP contribution in [0.25, 0.3) is 11.3 Å². The zero-order chi connectivity index (χ0) is 24.1. The molecule has 1 aromatic heterocycles. The fourth-order valence-corrected chi connectivity index (χ4v) is 4.67. The normalized spacial score (nSPS) is 16.3. The Morgan fingerprint density at radius 1 is 1.15 bits per heavy atom. The van der Waals surface area contributed by atoms with Gasteiger partial charge in [-0.1, -0.05) is 73.3 Å². The molecule has 174 valence electrons. The largest absolute Gasteiger partial charge is 0.334 e. The lowest BCUT2D eigenvalue weighted by Crippen LogP contribution is -2.47. The number of imidazole rings is 1. The molecule has 3 aromatic rings. The molecule has 0 aliphatic carbocycles. The van der Waals surface area contributed by atoms with Crippen LogP contribution < -0.4 is 5.73 Å². The third-order valence-electron chi connectivity index (χ3n) is 5.99. The number of nitrogens with two attached hydrogens (primary N) is 1. The number of ketones is 1. The molecule has 2 aromatic carbocycles. The number of hydrogen-bond acceptors (Lipinski definition) is 4. The highest BCUT2D eigenvalue weighted by atomic mass is 79.9. The highest BCUT2D eigenvalue weighted by molar-refractivity contribution is 9.10. The second-order valence-electron chi connectivity index (χ2n) is 8.29. The Bertz CT molecular complexity index is 1220. The molecule has 1 aliphatic heterocycles. The molecular weight excluding hydrogens is 492 g/mol. The van der Waals surface area contributed by atoms with Crippen molar-refractivity contribution in [3.63, 3.8) is 0 Å². The summed E-state index contributed by atoms with van der Waals surface area (Å²) in [5.74, 6) is 0.502. The Morgan fingerprint density at radius 3 is 2.59 bits per heavy atom. The number of carbonyl (C=O) groups is 2. The number of aromatic nitrogens is 2. The molecule has 0 saturated carbocycles. The molecule has 4 rings (SSSR count). The molecule has 0 unspecified atom stereocenters. The van der Waals surface area contributed by atoms with E-state index in [2.05, 4.69) is 33.6 Å². The van der Waals surface area contributed by atoms with Crippen molar-refractivity contribution in [2.45, 2.75) is 37.9 Å². The minimum Gasteiger partial charge on any atom is -0.334 e. The van der Waals surface area contributed by atoms with Crippen molar-refractivity contribution in [1.29, 1.82) is 0 Å². The summed E-state index contributed by atoms with van der Waals surface area (Å²) in [6, 6.07) is 17.1. The molecule has 0 fully saturated rings. The number of nitrogens with one attached hydrogen (secondary N) is 1. The first-order valence-corrected chi connectivity index (χ1v) is 12.0. The number of halogens is 1. The summed E-state index contributed by atoms with van der Waals surface area (Å²) < 4.78 is 0.777. The Kier molecular flexibility index (Phi) is 7.55. The number of amides is 1. The van der Waals surface area contributed by atoms with E-state index < -0.39 is 6.04 Å². The van der Waals surface area contributed by atoms with E-state index in [9.17, 15) is 9.59 Å². The molecule has 2 heterocycles. The number of fused-ring (bicyclic) bond motifs is 1. The van der Waals surface area contributed by atoms with E-state index in [1.54, 1.807) is 12.2 Å². The van der Waals surface area contributed by atoms with Gasteiger partial charge in [0, 0.05) is 24.9 Å². The molecule has 0 bridgehead atoms. The third kappa shape index (κ3) is 5.26. The summed E-state index contributed by atoms with van der Waals surface area (Å²) in [5, 5.41) is 0. The zero-order valence-corrected chi connectivity index (χ0v) is 20.4. The van der Waals surface area contributed by atoms with E-state index in [0.29, 0.717) is 25.2 Å². The van der Waals surface area contributed by atoms with E-state index in [1.807, 2.05) is 53.4 Å². The van der Waals surface area contributed by atoms with Gasteiger partial charge in [-0.2, -0.15) is 0 Å². The zero-order valence-electron chi connectivity index (χ0n) is 18.8. The minimum absolute atomic E-state index is 0.0681. The van der Waals surface area contributed by atoms with E-state index in [0.717, 1.165) is 21.4 Å². The molecule has 6 nitrogen and oxygen atoms in total. The standard InChI is InChI=1S/C27H27BrN4O2/c1-2-21(33)14-8-9-15-22(29)27(34)32-17-20-13-7-6-12-19(20)16-23(32)26-30-24(25(28)31-26)18-10-4-3-5-11-18/h2-13,22-23H,1,14-17,29H2,(H,30,31)/t22-,23-/m0/s1. The van der Waals surface area contributed by atoms with Crippen LogP contribution in [0.3, 0.4) is 0 Å². The van der Waals surface area contributed by atoms with Crippen molar-refractivity contribution in [2.24, 2.45) is 5.73 Å². The van der Waals surface area contributed by atoms with Crippen LogP contribution in [0.1, 0.15) is 35.8 Å². The van der Waals surface area contributed by atoms with Gasteiger partial charge in [-0.15, -0.1) is 0 Å². The topological polar surface area (TPSA) is 92.1 Å².